The summed E-state index contributed by atoms with van der Waals surface area (Å²) in [6.07, 6.45) is 0. The van der Waals surface area contributed by atoms with Crippen molar-refractivity contribution >= 4 is 57.4 Å². The maximum atomic E-state index is 13.1. The van der Waals surface area contributed by atoms with Gasteiger partial charge in [-0.3, -0.25) is 24.6 Å². The fraction of sp³-hybridized carbons (Fsp3) is 0.241. The lowest BCUT2D eigenvalue weighted by molar-refractivity contribution is -0.384. The third kappa shape index (κ3) is 5.84. The molecular formula is C29H29ClN6O4. The van der Waals surface area contributed by atoms with Crippen LogP contribution in [0, 0.1) is 10.1 Å². The molecule has 11 heteroatoms. The van der Waals surface area contributed by atoms with Gasteiger partial charge in [-0.05, 0) is 61.1 Å². The van der Waals surface area contributed by atoms with E-state index in [0.29, 0.717) is 45.3 Å². The molecule has 2 amide bonds. The van der Waals surface area contributed by atoms with Gasteiger partial charge in [-0.1, -0.05) is 17.7 Å². The minimum atomic E-state index is -0.468. The Morgan fingerprint density at radius 3 is 2.38 bits per heavy atom. The van der Waals surface area contributed by atoms with E-state index < -0.39 is 4.92 Å². The zero-order valence-corrected chi connectivity index (χ0v) is 22.9. The number of hydrogen-bond acceptors (Lipinski definition) is 7. The molecule has 0 bridgehead atoms. The lowest BCUT2D eigenvalue weighted by Crippen LogP contribution is -2.48. The molecule has 0 atom stereocenters. The first-order chi connectivity index (χ1) is 19.2. The molecule has 0 saturated carbocycles. The highest BCUT2D eigenvalue weighted by Crippen LogP contribution is 2.39. The third-order valence-electron chi connectivity index (χ3n) is 7.20. The first kappa shape index (κ1) is 27.3. The molecule has 2 aliphatic heterocycles. The number of amides is 2. The summed E-state index contributed by atoms with van der Waals surface area (Å²) < 4.78 is 0. The third-order valence-corrected chi connectivity index (χ3v) is 7.43. The molecule has 2 aliphatic rings. The second-order valence-corrected chi connectivity index (χ2v) is 10.3. The van der Waals surface area contributed by atoms with E-state index in [1.165, 1.54) is 12.1 Å². The molecule has 0 spiro atoms. The van der Waals surface area contributed by atoms with Gasteiger partial charge in [0.05, 0.1) is 28.4 Å². The van der Waals surface area contributed by atoms with Crippen molar-refractivity contribution in [3.8, 4) is 0 Å². The molecule has 1 fully saturated rings. The van der Waals surface area contributed by atoms with E-state index in [1.807, 2.05) is 24.3 Å². The van der Waals surface area contributed by atoms with Crippen molar-refractivity contribution in [3.63, 3.8) is 0 Å². The van der Waals surface area contributed by atoms with Crippen LogP contribution in [0.5, 0.6) is 0 Å². The summed E-state index contributed by atoms with van der Waals surface area (Å²) in [5.74, 6) is -0.305. The molecule has 2 heterocycles. The molecule has 10 nitrogen and oxygen atoms in total. The molecule has 0 radical (unpaired) electrons. The normalized spacial score (nSPS) is 16.7. The minimum Gasteiger partial charge on any atom is -0.354 e. The van der Waals surface area contributed by atoms with E-state index >= 15 is 0 Å². The Balaban J connectivity index is 1.41. The van der Waals surface area contributed by atoms with Gasteiger partial charge < -0.3 is 20.4 Å². The number of non-ortho nitro benzene ring substituents is 1. The first-order valence-corrected chi connectivity index (χ1v) is 13.2. The molecule has 3 aromatic carbocycles. The lowest BCUT2D eigenvalue weighted by Gasteiger charge is -2.32. The van der Waals surface area contributed by atoms with Crippen molar-refractivity contribution in [1.82, 2.24) is 9.80 Å². The Morgan fingerprint density at radius 1 is 1.05 bits per heavy atom. The number of piperazine rings is 1. The standard InChI is InChI=1S/C29H29ClN6O4/c1-33-13-15-35(16-14-33)18-26(37)34(2)22-10-6-21(7-11-22)31-28(19-3-8-23(9-4-19)36(39)40)27-24-12-5-20(30)17-25(24)32-29(27)38/h3-12,17,31H,13-16,18H2,1-2H3,(H,32,38). The number of fused-ring (bicyclic) bond motifs is 1. The van der Waals surface area contributed by atoms with Crippen LogP contribution >= 0.6 is 11.6 Å². The minimum absolute atomic E-state index is 0.0110. The smallest absolute Gasteiger partial charge is 0.269 e. The predicted molar refractivity (Wildman–Crippen MR) is 157 cm³/mol. The van der Waals surface area contributed by atoms with Crippen molar-refractivity contribution in [2.45, 2.75) is 0 Å². The highest BCUT2D eigenvalue weighted by atomic mass is 35.5. The quantitative estimate of drug-likeness (QED) is 0.250. The number of nitrogens with zero attached hydrogens (tertiary/aromatic N) is 4. The molecular weight excluding hydrogens is 532 g/mol. The van der Waals surface area contributed by atoms with Crippen LogP contribution in [-0.4, -0.2) is 73.4 Å². The molecule has 0 aliphatic carbocycles. The average molecular weight is 561 g/mol. The monoisotopic (exact) mass is 560 g/mol. The molecule has 0 aromatic heterocycles. The van der Waals surface area contributed by atoms with Gasteiger partial charge in [-0.2, -0.15) is 0 Å². The van der Waals surface area contributed by atoms with Crippen LogP contribution in [0.2, 0.25) is 5.02 Å². The second-order valence-electron chi connectivity index (χ2n) is 9.90. The number of hydrogen-bond donors (Lipinski definition) is 2. The van der Waals surface area contributed by atoms with E-state index in [0.717, 1.165) is 31.9 Å². The molecule has 1 saturated heterocycles. The Bertz CT molecular complexity index is 1480. The van der Waals surface area contributed by atoms with Crippen LogP contribution in [0.25, 0.3) is 11.3 Å². The van der Waals surface area contributed by atoms with Gasteiger partial charge in [0.1, 0.15) is 0 Å². The van der Waals surface area contributed by atoms with Crippen molar-refractivity contribution < 1.29 is 14.5 Å². The molecule has 40 heavy (non-hydrogen) atoms. The molecule has 0 unspecified atom stereocenters. The van der Waals surface area contributed by atoms with Gasteiger partial charge >= 0.3 is 0 Å². The summed E-state index contributed by atoms with van der Waals surface area (Å²) in [6.45, 7) is 3.97. The molecule has 2 N–H and O–H groups in total. The number of anilines is 3. The van der Waals surface area contributed by atoms with E-state index in [-0.39, 0.29) is 17.5 Å². The van der Waals surface area contributed by atoms with E-state index in [2.05, 4.69) is 27.5 Å². The van der Waals surface area contributed by atoms with Gasteiger partial charge in [-0.15, -0.1) is 0 Å². The summed E-state index contributed by atoms with van der Waals surface area (Å²) in [6, 6.07) is 18.5. The zero-order valence-electron chi connectivity index (χ0n) is 22.2. The van der Waals surface area contributed by atoms with Gasteiger partial charge in [-0.25, -0.2) is 0 Å². The molecule has 3 aromatic rings. The van der Waals surface area contributed by atoms with Crippen molar-refractivity contribution in [1.29, 1.82) is 0 Å². The van der Waals surface area contributed by atoms with Crippen molar-refractivity contribution in [2.75, 3.05) is 62.4 Å². The van der Waals surface area contributed by atoms with Crippen LogP contribution in [-0.2, 0) is 9.59 Å². The van der Waals surface area contributed by atoms with Gasteiger partial charge in [0.25, 0.3) is 11.6 Å². The number of carbonyl (C=O) groups is 2. The van der Waals surface area contributed by atoms with Crippen LogP contribution in [0.15, 0.2) is 66.7 Å². The average Bonchev–Trinajstić information content (AvgIpc) is 3.27. The Labute approximate surface area is 237 Å². The first-order valence-electron chi connectivity index (χ1n) is 12.8. The summed E-state index contributed by atoms with van der Waals surface area (Å²) >= 11 is 6.14. The highest BCUT2D eigenvalue weighted by Gasteiger charge is 2.29. The largest absolute Gasteiger partial charge is 0.354 e. The Hall–Kier alpha value is -4.25. The summed E-state index contributed by atoms with van der Waals surface area (Å²) in [5, 5.41) is 17.9. The van der Waals surface area contributed by atoms with Crippen LogP contribution in [0.3, 0.4) is 0 Å². The zero-order chi connectivity index (χ0) is 28.4. The molecule has 5 rings (SSSR count). The lowest BCUT2D eigenvalue weighted by atomic mass is 10.00. The van der Waals surface area contributed by atoms with Gasteiger partial charge in [0, 0.05) is 67.3 Å². The second kappa shape index (κ2) is 11.5. The number of rotatable bonds is 7. The highest BCUT2D eigenvalue weighted by molar-refractivity contribution is 6.38. The predicted octanol–water partition coefficient (Wildman–Crippen LogP) is 4.39. The maximum Gasteiger partial charge on any atom is 0.269 e. The summed E-state index contributed by atoms with van der Waals surface area (Å²) in [4.78, 5) is 42.8. The van der Waals surface area contributed by atoms with Crippen molar-refractivity contribution in [2.24, 2.45) is 0 Å². The number of benzene rings is 3. The fourth-order valence-corrected chi connectivity index (χ4v) is 4.95. The van der Waals surface area contributed by atoms with Crippen LogP contribution in [0.1, 0.15) is 11.1 Å². The van der Waals surface area contributed by atoms with E-state index in [1.54, 1.807) is 42.3 Å². The Morgan fingerprint density at radius 2 is 1.73 bits per heavy atom. The summed E-state index contributed by atoms with van der Waals surface area (Å²) in [7, 11) is 3.84. The SMILES string of the molecule is CN1CCN(CC(=O)N(C)c2ccc(NC(=C3C(=O)Nc4cc(Cl)ccc43)c3ccc([N+](=O)[O-])cc3)cc2)CC1. The van der Waals surface area contributed by atoms with Gasteiger partial charge in [0.15, 0.2) is 0 Å². The number of nitro benzene ring substituents is 1. The number of nitrogens with one attached hydrogen (secondary N) is 2. The van der Waals surface area contributed by atoms with Crippen LogP contribution in [0.4, 0.5) is 22.7 Å². The number of nitro groups is 1. The Kier molecular flexibility index (Phi) is 7.83. The number of carbonyl (C=O) groups excluding carboxylic acids is 2. The van der Waals surface area contributed by atoms with E-state index in [4.69, 9.17) is 11.6 Å². The maximum absolute atomic E-state index is 13.1. The van der Waals surface area contributed by atoms with Gasteiger partial charge in [0.2, 0.25) is 5.91 Å². The van der Waals surface area contributed by atoms with Crippen molar-refractivity contribution in [3.05, 3.63) is 93.0 Å². The fourth-order valence-electron chi connectivity index (χ4n) is 4.78. The summed E-state index contributed by atoms with van der Waals surface area (Å²) in [5.41, 5.74) is 4.11. The molecule has 206 valence electrons. The van der Waals surface area contributed by atoms with Crippen LogP contribution < -0.4 is 15.5 Å². The topological polar surface area (TPSA) is 111 Å². The van der Waals surface area contributed by atoms with E-state index in [9.17, 15) is 19.7 Å². The number of halogens is 1. The number of likely N-dealkylation sites (N-methyl/N-ethyl adjacent to an activating group) is 2.